The monoisotopic (exact) mass is 762 g/mol. The lowest BCUT2D eigenvalue weighted by Gasteiger charge is -2.23. The smallest absolute Gasteiger partial charge is 0.340 e. The maximum absolute atomic E-state index is 13.6. The molecule has 2 aromatic carbocycles. The van der Waals surface area contributed by atoms with E-state index in [0.29, 0.717) is 41.6 Å². The van der Waals surface area contributed by atoms with Crippen molar-refractivity contribution in [1.29, 1.82) is 0 Å². The van der Waals surface area contributed by atoms with E-state index in [9.17, 15) is 18.7 Å². The fourth-order valence-corrected chi connectivity index (χ4v) is 7.62. The Balaban J connectivity index is 0.000000172. The second kappa shape index (κ2) is 16.5. The number of ether oxygens (including phenoxy) is 1. The minimum Gasteiger partial charge on any atom is -0.465 e. The third kappa shape index (κ3) is 7.42. The van der Waals surface area contributed by atoms with Crippen molar-refractivity contribution in [2.75, 3.05) is 7.11 Å². The van der Waals surface area contributed by atoms with Gasteiger partial charge in [0.1, 0.15) is 23.0 Å². The van der Waals surface area contributed by atoms with Crippen molar-refractivity contribution in [3.8, 4) is 45.3 Å². The molecule has 8 rings (SSSR count). The molecule has 2 aliphatic heterocycles. The summed E-state index contributed by atoms with van der Waals surface area (Å²) < 4.78 is 35.8. The summed E-state index contributed by atoms with van der Waals surface area (Å²) in [6.07, 6.45) is 5.25. The third-order valence-corrected chi connectivity index (χ3v) is 10.2. The number of esters is 1. The highest BCUT2D eigenvalue weighted by Crippen LogP contribution is 2.41. The zero-order chi connectivity index (χ0) is 39.5. The summed E-state index contributed by atoms with van der Waals surface area (Å²) in [7, 11) is 1.36. The van der Waals surface area contributed by atoms with Crippen LogP contribution in [0.4, 0.5) is 8.78 Å². The summed E-state index contributed by atoms with van der Waals surface area (Å²) in [5.74, 6) is 0.244. The van der Waals surface area contributed by atoms with Gasteiger partial charge < -0.3 is 9.84 Å². The maximum atomic E-state index is 13.6. The molecular formula is C41H44F2N10O3. The number of fused-ring (bicyclic) bond motifs is 6. The SMILES string of the molecule is CC(C)c1nc2c(c(-c3ccc(F)cc3)c1CO)CCCCn1nnnc1-2.COC(=O)c1c(C(C)C)nc2c(c1-c1ccc(F)cc1)CCCCn1nnnc1-2. The molecule has 15 heteroatoms. The van der Waals surface area contributed by atoms with Crippen molar-refractivity contribution < 1.29 is 23.4 Å². The van der Waals surface area contributed by atoms with Crippen molar-refractivity contribution in [3.63, 3.8) is 0 Å². The van der Waals surface area contributed by atoms with E-state index < -0.39 is 5.97 Å². The number of benzene rings is 2. The fraction of sp³-hybridized carbons (Fsp3) is 0.390. The van der Waals surface area contributed by atoms with Crippen LogP contribution in [0.15, 0.2) is 48.5 Å². The molecule has 1 N–H and O–H groups in total. The first-order valence-corrected chi connectivity index (χ1v) is 19.0. The van der Waals surface area contributed by atoms with E-state index in [2.05, 4.69) is 31.1 Å². The predicted molar refractivity (Wildman–Crippen MR) is 204 cm³/mol. The molecule has 0 saturated heterocycles. The molecule has 0 bridgehead atoms. The minimum atomic E-state index is -0.454. The van der Waals surface area contributed by atoms with E-state index in [1.54, 1.807) is 33.6 Å². The largest absolute Gasteiger partial charge is 0.465 e. The Morgan fingerprint density at radius 3 is 1.64 bits per heavy atom. The molecule has 0 amide bonds. The molecule has 4 aromatic heterocycles. The van der Waals surface area contributed by atoms with Gasteiger partial charge in [0.15, 0.2) is 0 Å². The summed E-state index contributed by atoms with van der Waals surface area (Å²) in [6.45, 7) is 9.40. The number of rotatable bonds is 6. The minimum absolute atomic E-state index is 0.0385. The second-order valence-electron chi connectivity index (χ2n) is 14.6. The number of hydrogen-bond donors (Lipinski definition) is 1. The van der Waals surface area contributed by atoms with Gasteiger partial charge in [-0.2, -0.15) is 0 Å². The first-order chi connectivity index (χ1) is 27.1. The normalized spacial score (nSPS) is 13.6. The Hall–Kier alpha value is -5.83. The summed E-state index contributed by atoms with van der Waals surface area (Å²) in [4.78, 5) is 22.6. The van der Waals surface area contributed by atoms with Crippen LogP contribution in [-0.2, 0) is 37.3 Å². The lowest BCUT2D eigenvalue weighted by molar-refractivity contribution is 0.0599. The van der Waals surface area contributed by atoms with Crippen molar-refractivity contribution >= 4 is 5.97 Å². The van der Waals surface area contributed by atoms with Crippen LogP contribution in [0.25, 0.3) is 45.3 Å². The topological polar surface area (TPSA) is 160 Å². The van der Waals surface area contributed by atoms with Gasteiger partial charge in [0.2, 0.25) is 11.6 Å². The van der Waals surface area contributed by atoms with Gasteiger partial charge in [-0.1, -0.05) is 52.0 Å². The molecule has 0 spiro atoms. The van der Waals surface area contributed by atoms with Crippen LogP contribution in [-0.4, -0.2) is 68.6 Å². The Bertz CT molecular complexity index is 2360. The van der Waals surface area contributed by atoms with Crippen LogP contribution < -0.4 is 0 Å². The average molecular weight is 763 g/mol. The average Bonchev–Trinajstić information content (AvgIpc) is 3.85. The number of hydrogen-bond acceptors (Lipinski definition) is 11. The number of aryl methyl sites for hydroxylation is 2. The number of aromatic nitrogens is 10. The van der Waals surface area contributed by atoms with Gasteiger partial charge in [0.05, 0.1) is 25.0 Å². The zero-order valence-corrected chi connectivity index (χ0v) is 32.1. The molecule has 0 atom stereocenters. The molecule has 0 unspecified atom stereocenters. The molecule has 0 aliphatic carbocycles. The number of halogens is 2. The van der Waals surface area contributed by atoms with E-state index in [0.717, 1.165) is 89.0 Å². The van der Waals surface area contributed by atoms with Gasteiger partial charge in [-0.25, -0.2) is 32.9 Å². The predicted octanol–water partition coefficient (Wildman–Crippen LogP) is 7.28. The molecule has 13 nitrogen and oxygen atoms in total. The van der Waals surface area contributed by atoms with E-state index in [1.807, 2.05) is 27.7 Å². The van der Waals surface area contributed by atoms with Crippen molar-refractivity contribution in [3.05, 3.63) is 93.8 Å². The molecule has 56 heavy (non-hydrogen) atoms. The third-order valence-electron chi connectivity index (χ3n) is 10.2. The lowest BCUT2D eigenvalue weighted by atomic mass is 9.86. The number of methoxy groups -OCH3 is 1. The van der Waals surface area contributed by atoms with E-state index in [4.69, 9.17) is 14.7 Å². The van der Waals surface area contributed by atoms with Gasteiger partial charge in [0, 0.05) is 29.9 Å². The summed E-state index contributed by atoms with van der Waals surface area (Å²) in [5.41, 5.74) is 9.28. The molecule has 290 valence electrons. The Kier molecular flexibility index (Phi) is 11.3. The number of tetrazole rings is 2. The van der Waals surface area contributed by atoms with E-state index >= 15 is 0 Å². The quantitative estimate of drug-likeness (QED) is 0.170. The van der Waals surface area contributed by atoms with Crippen LogP contribution in [0.3, 0.4) is 0 Å². The van der Waals surface area contributed by atoms with Crippen LogP contribution in [0, 0.1) is 11.6 Å². The first kappa shape index (κ1) is 38.4. The molecule has 0 fully saturated rings. The lowest BCUT2D eigenvalue weighted by Crippen LogP contribution is -2.17. The van der Waals surface area contributed by atoms with Crippen LogP contribution in [0.2, 0.25) is 0 Å². The number of carbonyl (C=O) groups is 1. The Morgan fingerprint density at radius 1 is 0.714 bits per heavy atom. The van der Waals surface area contributed by atoms with Gasteiger partial charge >= 0.3 is 5.97 Å². The number of carbonyl (C=O) groups excluding carboxylic acids is 1. The molecular weight excluding hydrogens is 719 g/mol. The Labute approximate surface area is 323 Å². The zero-order valence-electron chi connectivity index (χ0n) is 32.1. The van der Waals surface area contributed by atoms with Gasteiger partial charge in [0.25, 0.3) is 0 Å². The number of aliphatic hydroxyl groups excluding tert-OH is 1. The number of pyridine rings is 2. The maximum Gasteiger partial charge on any atom is 0.340 e. The van der Waals surface area contributed by atoms with Crippen molar-refractivity contribution in [1.82, 2.24) is 50.4 Å². The van der Waals surface area contributed by atoms with E-state index in [-0.39, 0.29) is 30.1 Å². The highest BCUT2D eigenvalue weighted by atomic mass is 19.1. The highest BCUT2D eigenvalue weighted by Gasteiger charge is 2.31. The van der Waals surface area contributed by atoms with Gasteiger partial charge in [-0.3, -0.25) is 0 Å². The molecule has 6 heterocycles. The van der Waals surface area contributed by atoms with Gasteiger partial charge in [-0.15, -0.1) is 10.2 Å². The van der Waals surface area contributed by atoms with Crippen LogP contribution in [0.5, 0.6) is 0 Å². The first-order valence-electron chi connectivity index (χ1n) is 19.0. The van der Waals surface area contributed by atoms with Crippen molar-refractivity contribution in [2.45, 2.75) is 97.8 Å². The van der Waals surface area contributed by atoms with E-state index in [1.165, 1.54) is 31.4 Å². The summed E-state index contributed by atoms with van der Waals surface area (Å²) in [5, 5.41) is 34.5. The molecule has 2 aliphatic rings. The molecule has 6 aromatic rings. The second-order valence-corrected chi connectivity index (χ2v) is 14.6. The van der Waals surface area contributed by atoms with Crippen LogP contribution in [0.1, 0.15) is 104 Å². The number of nitrogens with zero attached hydrogens (tertiary/aromatic N) is 10. The van der Waals surface area contributed by atoms with Crippen LogP contribution >= 0.6 is 0 Å². The molecule has 0 saturated carbocycles. The number of aliphatic hydroxyl groups is 1. The van der Waals surface area contributed by atoms with Crippen molar-refractivity contribution in [2.24, 2.45) is 0 Å². The molecule has 0 radical (unpaired) electrons. The standard InChI is InChI=1S/C21H22FN5O2.C20H22FN5O/c1-12(2)18-17(21(28)29-3)16(13-7-9-14(22)10-8-13)15-6-4-5-11-27-20(19(15)23-18)24-25-26-27;1-12(2)18-16(11-27)17(13-6-8-14(21)9-7-13)15-5-3-4-10-26-20(19(15)22-18)23-24-25-26/h7-10,12H,4-6,11H2,1-3H3;6-9,12,27H,3-5,10-11H2,1-2H3. The summed E-state index contributed by atoms with van der Waals surface area (Å²) in [6, 6.07) is 12.6. The summed E-state index contributed by atoms with van der Waals surface area (Å²) >= 11 is 0. The van der Waals surface area contributed by atoms with Gasteiger partial charge in [-0.05, 0) is 123 Å². The fourth-order valence-electron chi connectivity index (χ4n) is 7.62. The Morgan fingerprint density at radius 2 is 1.18 bits per heavy atom. The highest BCUT2D eigenvalue weighted by molar-refractivity contribution is 6.00.